The zero-order valence-corrected chi connectivity index (χ0v) is 13.0. The van der Waals surface area contributed by atoms with Crippen molar-refractivity contribution in [1.29, 1.82) is 0 Å². The molecule has 4 nitrogen and oxygen atoms in total. The summed E-state index contributed by atoms with van der Waals surface area (Å²) in [7, 11) is 1.42. The molecule has 0 aromatic carbocycles. The van der Waals surface area contributed by atoms with Crippen molar-refractivity contribution in [1.82, 2.24) is 0 Å². The maximum Gasteiger partial charge on any atom is 0.350 e. The minimum Gasteiger partial charge on any atom is -0.465 e. The molecule has 2 saturated carbocycles. The van der Waals surface area contributed by atoms with E-state index in [1.54, 1.807) is 0 Å². The van der Waals surface area contributed by atoms with E-state index >= 15 is 0 Å². The van der Waals surface area contributed by atoms with E-state index in [0.717, 1.165) is 19.0 Å². The number of nitrogen functional groups attached to an aromatic ring is 1. The van der Waals surface area contributed by atoms with Gasteiger partial charge < -0.3 is 15.4 Å². The van der Waals surface area contributed by atoms with Crippen LogP contribution >= 0.6 is 11.3 Å². The van der Waals surface area contributed by atoms with E-state index in [9.17, 15) is 4.79 Å². The summed E-state index contributed by atoms with van der Waals surface area (Å²) in [5.41, 5.74) is 8.11. The number of hydrogen-bond donors (Lipinski definition) is 1. The van der Waals surface area contributed by atoms with Crippen LogP contribution in [-0.4, -0.2) is 26.2 Å². The molecule has 2 aliphatic rings. The van der Waals surface area contributed by atoms with Crippen molar-refractivity contribution in [2.24, 2.45) is 5.92 Å². The average Bonchev–Trinajstić information content (AvgIpc) is 3.35. The second-order valence-electron chi connectivity index (χ2n) is 5.81. The number of carbonyl (C=O) groups is 1. The number of esters is 1. The lowest BCUT2D eigenvalue weighted by atomic mass is 10.1. The summed E-state index contributed by atoms with van der Waals surface area (Å²) in [6, 6.07) is 0. The van der Waals surface area contributed by atoms with Gasteiger partial charge in [-0.25, -0.2) is 4.79 Å². The van der Waals surface area contributed by atoms with Crippen LogP contribution < -0.4 is 10.6 Å². The Labute approximate surface area is 123 Å². The zero-order valence-electron chi connectivity index (χ0n) is 12.1. The summed E-state index contributed by atoms with van der Waals surface area (Å²) < 4.78 is 4.87. The number of nitrogens with zero attached hydrogens (tertiary/aromatic N) is 1. The van der Waals surface area contributed by atoms with E-state index in [2.05, 4.69) is 11.8 Å². The summed E-state index contributed by atoms with van der Waals surface area (Å²) in [4.78, 5) is 14.9. The van der Waals surface area contributed by atoms with Gasteiger partial charge in [0.05, 0.1) is 17.8 Å². The van der Waals surface area contributed by atoms with Crippen molar-refractivity contribution in [2.75, 3.05) is 30.8 Å². The van der Waals surface area contributed by atoms with Crippen LogP contribution in [0.5, 0.6) is 0 Å². The monoisotopic (exact) mass is 294 g/mol. The predicted octanol–water partition coefficient (Wildman–Crippen LogP) is 3.23. The molecule has 2 fully saturated rings. The molecule has 0 unspecified atom stereocenters. The molecule has 0 radical (unpaired) electrons. The molecule has 0 bridgehead atoms. The Morgan fingerprint density at radius 3 is 2.60 bits per heavy atom. The molecule has 0 atom stereocenters. The van der Waals surface area contributed by atoms with E-state index in [-0.39, 0.29) is 5.97 Å². The summed E-state index contributed by atoms with van der Waals surface area (Å²) in [5, 5.41) is 1.21. The lowest BCUT2D eigenvalue weighted by Crippen LogP contribution is -2.25. The molecule has 0 saturated heterocycles. The summed E-state index contributed by atoms with van der Waals surface area (Å²) in [5.74, 6) is 1.07. The summed E-state index contributed by atoms with van der Waals surface area (Å²) >= 11 is 1.52. The average molecular weight is 294 g/mol. The largest absolute Gasteiger partial charge is 0.465 e. The van der Waals surface area contributed by atoms with Gasteiger partial charge in [0, 0.05) is 18.7 Å². The molecule has 2 aliphatic carbocycles. The number of carbonyl (C=O) groups excluding carboxylic acids is 1. The maximum absolute atomic E-state index is 11.9. The highest BCUT2D eigenvalue weighted by molar-refractivity contribution is 7.18. The van der Waals surface area contributed by atoms with Gasteiger partial charge >= 0.3 is 5.97 Å². The molecule has 1 aromatic heterocycles. The molecule has 3 rings (SSSR count). The molecule has 20 heavy (non-hydrogen) atoms. The van der Waals surface area contributed by atoms with Crippen LogP contribution in [0.4, 0.5) is 10.7 Å². The van der Waals surface area contributed by atoms with E-state index in [1.165, 1.54) is 54.7 Å². The SMILES string of the molecule is CCN(CC1CC1)c1sc(C(=O)OC)c(N)c1C1CC1. The summed E-state index contributed by atoms with van der Waals surface area (Å²) in [6.07, 6.45) is 5.05. The molecule has 1 heterocycles. The van der Waals surface area contributed by atoms with E-state index < -0.39 is 0 Å². The Kier molecular flexibility index (Phi) is 3.63. The van der Waals surface area contributed by atoms with Crippen molar-refractivity contribution < 1.29 is 9.53 Å². The Morgan fingerprint density at radius 1 is 1.40 bits per heavy atom. The van der Waals surface area contributed by atoms with Gasteiger partial charge in [0.25, 0.3) is 0 Å². The van der Waals surface area contributed by atoms with Crippen molar-refractivity contribution >= 4 is 28.0 Å². The fourth-order valence-corrected chi connectivity index (χ4v) is 3.96. The van der Waals surface area contributed by atoms with Crippen molar-refractivity contribution in [3.63, 3.8) is 0 Å². The minimum absolute atomic E-state index is 0.303. The molecular weight excluding hydrogens is 272 g/mol. The molecule has 2 N–H and O–H groups in total. The smallest absolute Gasteiger partial charge is 0.350 e. The second-order valence-corrected chi connectivity index (χ2v) is 6.81. The highest BCUT2D eigenvalue weighted by Crippen LogP contribution is 2.52. The Balaban J connectivity index is 1.96. The molecule has 5 heteroatoms. The van der Waals surface area contributed by atoms with E-state index in [1.807, 2.05) is 0 Å². The molecule has 1 aromatic rings. The van der Waals surface area contributed by atoms with Crippen LogP contribution in [0.1, 0.15) is 53.8 Å². The van der Waals surface area contributed by atoms with Gasteiger partial charge in [0.15, 0.2) is 0 Å². The van der Waals surface area contributed by atoms with Crippen LogP contribution in [-0.2, 0) is 4.74 Å². The van der Waals surface area contributed by atoms with Crippen molar-refractivity contribution in [3.8, 4) is 0 Å². The molecule has 0 aliphatic heterocycles. The third-order valence-corrected chi connectivity index (χ3v) is 5.43. The Morgan fingerprint density at radius 2 is 2.10 bits per heavy atom. The van der Waals surface area contributed by atoms with Crippen LogP contribution in [0.25, 0.3) is 0 Å². The number of ether oxygens (including phenoxy) is 1. The highest BCUT2D eigenvalue weighted by atomic mass is 32.1. The second kappa shape index (κ2) is 5.28. The molecule has 0 amide bonds. The van der Waals surface area contributed by atoms with Crippen LogP contribution in [0, 0.1) is 5.92 Å². The van der Waals surface area contributed by atoms with E-state index in [4.69, 9.17) is 10.5 Å². The Hall–Kier alpha value is -1.23. The quantitative estimate of drug-likeness (QED) is 0.818. The first-order valence-electron chi connectivity index (χ1n) is 7.41. The van der Waals surface area contributed by atoms with Gasteiger partial charge in [-0.1, -0.05) is 0 Å². The fourth-order valence-electron chi connectivity index (χ4n) is 2.66. The first-order chi connectivity index (χ1) is 9.65. The van der Waals surface area contributed by atoms with Gasteiger partial charge in [0.2, 0.25) is 0 Å². The molecular formula is C15H22N2O2S. The van der Waals surface area contributed by atoms with Crippen LogP contribution in [0.2, 0.25) is 0 Å². The number of nitrogens with two attached hydrogens (primary N) is 1. The number of hydrogen-bond acceptors (Lipinski definition) is 5. The third-order valence-electron chi connectivity index (χ3n) is 4.16. The standard InChI is InChI=1S/C15H22N2O2S/c1-3-17(8-9-4-5-9)14-11(10-6-7-10)12(16)13(20-14)15(18)19-2/h9-10H,3-8,16H2,1-2H3. The van der Waals surface area contributed by atoms with Crippen molar-refractivity contribution in [3.05, 3.63) is 10.4 Å². The predicted molar refractivity (Wildman–Crippen MR) is 82.7 cm³/mol. The van der Waals surface area contributed by atoms with Crippen LogP contribution in [0.3, 0.4) is 0 Å². The van der Waals surface area contributed by atoms with Gasteiger partial charge in [-0.05, 0) is 44.4 Å². The Bertz CT molecular complexity index is 518. The summed E-state index contributed by atoms with van der Waals surface area (Å²) in [6.45, 7) is 4.24. The third kappa shape index (κ3) is 2.51. The first-order valence-corrected chi connectivity index (χ1v) is 8.22. The minimum atomic E-state index is -0.303. The fraction of sp³-hybridized carbons (Fsp3) is 0.667. The number of anilines is 2. The topological polar surface area (TPSA) is 55.6 Å². The normalized spacial score (nSPS) is 18.1. The highest BCUT2D eigenvalue weighted by Gasteiger charge is 2.35. The lowest BCUT2D eigenvalue weighted by Gasteiger charge is -2.23. The lowest BCUT2D eigenvalue weighted by molar-refractivity contribution is 0.0607. The van der Waals surface area contributed by atoms with Crippen molar-refractivity contribution in [2.45, 2.75) is 38.5 Å². The van der Waals surface area contributed by atoms with E-state index in [0.29, 0.717) is 16.5 Å². The number of rotatable bonds is 6. The maximum atomic E-state index is 11.9. The molecule has 0 spiro atoms. The zero-order chi connectivity index (χ0) is 14.3. The first kappa shape index (κ1) is 13.7. The van der Waals surface area contributed by atoms with Crippen LogP contribution in [0.15, 0.2) is 0 Å². The number of thiophene rings is 1. The van der Waals surface area contributed by atoms with Gasteiger partial charge in [-0.2, -0.15) is 0 Å². The molecule has 110 valence electrons. The number of methoxy groups -OCH3 is 1. The van der Waals surface area contributed by atoms with Gasteiger partial charge in [-0.15, -0.1) is 11.3 Å². The van der Waals surface area contributed by atoms with Gasteiger partial charge in [-0.3, -0.25) is 0 Å². The van der Waals surface area contributed by atoms with Gasteiger partial charge in [0.1, 0.15) is 4.88 Å².